The summed E-state index contributed by atoms with van der Waals surface area (Å²) in [5, 5.41) is 9.45. The van der Waals surface area contributed by atoms with Crippen LogP contribution < -0.4 is 0 Å². The van der Waals surface area contributed by atoms with E-state index in [-0.39, 0.29) is 17.3 Å². The second-order valence-corrected chi connectivity index (χ2v) is 10.3. The third kappa shape index (κ3) is 2.44. The lowest BCUT2D eigenvalue weighted by molar-refractivity contribution is -0.152. The monoisotopic (exact) mass is 346 g/mol. The SMILES string of the molecule is CC(=O)[C@H]1CC[C@H]2[C@@H]3CC[C@@H]4C[C@H](C(=O)O)CC[C@]4(C)[C@H]3CC[C@]12C. The van der Waals surface area contributed by atoms with E-state index in [0.717, 1.165) is 43.4 Å². The molecule has 3 heteroatoms. The van der Waals surface area contributed by atoms with Crippen molar-refractivity contribution >= 4 is 11.8 Å². The highest BCUT2D eigenvalue weighted by Crippen LogP contribution is 2.67. The Balaban J connectivity index is 1.58. The van der Waals surface area contributed by atoms with Crippen LogP contribution in [0.25, 0.3) is 0 Å². The van der Waals surface area contributed by atoms with Crippen molar-refractivity contribution in [2.24, 2.45) is 46.3 Å². The van der Waals surface area contributed by atoms with Gasteiger partial charge in [-0.25, -0.2) is 0 Å². The van der Waals surface area contributed by atoms with Gasteiger partial charge in [-0.2, -0.15) is 0 Å². The molecule has 4 aliphatic rings. The van der Waals surface area contributed by atoms with Gasteiger partial charge in [-0.15, -0.1) is 0 Å². The van der Waals surface area contributed by atoms with Crippen molar-refractivity contribution in [1.82, 2.24) is 0 Å². The Morgan fingerprint density at radius 3 is 2.24 bits per heavy atom. The summed E-state index contributed by atoms with van der Waals surface area (Å²) >= 11 is 0. The molecule has 0 aromatic carbocycles. The summed E-state index contributed by atoms with van der Waals surface area (Å²) in [6, 6.07) is 0. The Kier molecular flexibility index (Phi) is 4.09. The highest BCUT2D eigenvalue weighted by Gasteiger charge is 2.60. The molecule has 8 atom stereocenters. The van der Waals surface area contributed by atoms with Gasteiger partial charge in [0, 0.05) is 5.92 Å². The number of aliphatic carboxylic acids is 1. The van der Waals surface area contributed by atoms with Crippen LogP contribution >= 0.6 is 0 Å². The molecule has 4 saturated carbocycles. The summed E-state index contributed by atoms with van der Waals surface area (Å²) in [6.07, 6.45) is 10.1. The van der Waals surface area contributed by atoms with Crippen molar-refractivity contribution in [3.05, 3.63) is 0 Å². The molecule has 0 spiro atoms. The first kappa shape index (κ1) is 17.5. The van der Waals surface area contributed by atoms with Crippen molar-refractivity contribution in [3.8, 4) is 0 Å². The molecular weight excluding hydrogens is 312 g/mol. The van der Waals surface area contributed by atoms with Crippen LogP contribution in [0.2, 0.25) is 0 Å². The fourth-order valence-electron chi connectivity index (χ4n) is 8.15. The van der Waals surface area contributed by atoms with E-state index in [1.807, 2.05) is 0 Å². The summed E-state index contributed by atoms with van der Waals surface area (Å²) in [5.74, 6) is 2.83. The predicted octanol–water partition coefficient (Wildman–Crippen LogP) is 4.94. The third-order valence-electron chi connectivity index (χ3n) is 9.51. The predicted molar refractivity (Wildman–Crippen MR) is 97.0 cm³/mol. The Morgan fingerprint density at radius 2 is 1.56 bits per heavy atom. The molecule has 0 aliphatic heterocycles. The first-order valence-corrected chi connectivity index (χ1v) is 10.5. The second kappa shape index (κ2) is 5.82. The zero-order valence-corrected chi connectivity index (χ0v) is 16.1. The number of fused-ring (bicyclic) bond motifs is 5. The van der Waals surface area contributed by atoms with E-state index >= 15 is 0 Å². The smallest absolute Gasteiger partial charge is 0.306 e. The number of hydrogen-bond acceptors (Lipinski definition) is 2. The van der Waals surface area contributed by atoms with Crippen LogP contribution in [0.4, 0.5) is 0 Å². The number of carbonyl (C=O) groups is 2. The molecule has 0 heterocycles. The molecule has 0 saturated heterocycles. The quantitative estimate of drug-likeness (QED) is 0.771. The van der Waals surface area contributed by atoms with Crippen LogP contribution in [0.1, 0.15) is 78.6 Å². The van der Waals surface area contributed by atoms with Gasteiger partial charge >= 0.3 is 5.97 Å². The molecule has 0 aromatic rings. The molecule has 0 radical (unpaired) electrons. The number of Topliss-reactive ketones (excluding diaryl/α,β-unsaturated/α-hetero) is 1. The number of carboxylic acids is 1. The summed E-state index contributed by atoms with van der Waals surface area (Å²) in [6.45, 7) is 6.69. The van der Waals surface area contributed by atoms with Crippen molar-refractivity contribution in [2.45, 2.75) is 78.6 Å². The molecule has 1 N–H and O–H groups in total. The molecule has 25 heavy (non-hydrogen) atoms. The van der Waals surface area contributed by atoms with Crippen molar-refractivity contribution in [3.63, 3.8) is 0 Å². The minimum absolute atomic E-state index is 0.114. The topological polar surface area (TPSA) is 54.4 Å². The fraction of sp³-hybridized carbons (Fsp3) is 0.909. The van der Waals surface area contributed by atoms with Gasteiger partial charge in [0.25, 0.3) is 0 Å². The first-order chi connectivity index (χ1) is 11.8. The van der Waals surface area contributed by atoms with E-state index in [1.54, 1.807) is 6.92 Å². The van der Waals surface area contributed by atoms with Gasteiger partial charge < -0.3 is 5.11 Å². The number of hydrogen-bond donors (Lipinski definition) is 1. The molecule has 3 nitrogen and oxygen atoms in total. The maximum absolute atomic E-state index is 12.2. The largest absolute Gasteiger partial charge is 0.481 e. The van der Waals surface area contributed by atoms with E-state index < -0.39 is 5.97 Å². The van der Waals surface area contributed by atoms with Crippen molar-refractivity contribution < 1.29 is 14.7 Å². The Labute approximate surface area is 151 Å². The van der Waals surface area contributed by atoms with E-state index in [0.29, 0.717) is 17.1 Å². The average Bonchev–Trinajstić information content (AvgIpc) is 2.91. The van der Waals surface area contributed by atoms with E-state index in [2.05, 4.69) is 13.8 Å². The maximum atomic E-state index is 12.2. The Bertz CT molecular complexity index is 584. The molecule has 4 rings (SSSR count). The lowest BCUT2D eigenvalue weighted by atomic mass is 9.44. The molecule has 140 valence electrons. The lowest BCUT2D eigenvalue weighted by Gasteiger charge is -2.61. The zero-order chi connectivity index (χ0) is 18.0. The van der Waals surface area contributed by atoms with Crippen LogP contribution in [0.15, 0.2) is 0 Å². The second-order valence-electron chi connectivity index (χ2n) is 10.3. The lowest BCUT2D eigenvalue weighted by Crippen LogP contribution is -2.54. The summed E-state index contributed by atoms with van der Waals surface area (Å²) in [4.78, 5) is 23.7. The van der Waals surface area contributed by atoms with Gasteiger partial charge in [0.05, 0.1) is 5.92 Å². The highest BCUT2D eigenvalue weighted by molar-refractivity contribution is 5.79. The molecular formula is C22H34O3. The molecule has 0 amide bonds. The van der Waals surface area contributed by atoms with Crippen molar-refractivity contribution in [1.29, 1.82) is 0 Å². The molecule has 0 unspecified atom stereocenters. The maximum Gasteiger partial charge on any atom is 0.306 e. The van der Waals surface area contributed by atoms with Gasteiger partial charge in [0.15, 0.2) is 0 Å². The number of carbonyl (C=O) groups excluding carboxylic acids is 1. The van der Waals surface area contributed by atoms with Gasteiger partial charge in [0.2, 0.25) is 0 Å². The van der Waals surface area contributed by atoms with Crippen LogP contribution in [-0.4, -0.2) is 16.9 Å². The number of ketones is 1. The summed E-state index contributed by atoms with van der Waals surface area (Å²) in [7, 11) is 0. The zero-order valence-electron chi connectivity index (χ0n) is 16.1. The van der Waals surface area contributed by atoms with Crippen LogP contribution in [0, 0.1) is 46.3 Å². The minimum atomic E-state index is -0.583. The molecule has 4 fully saturated rings. The highest BCUT2D eigenvalue weighted by atomic mass is 16.4. The standard InChI is InChI=1S/C22H34O3/c1-13(23)17-6-7-18-16-5-4-15-12-14(20(24)25)8-10-21(15,2)19(16)9-11-22(17,18)3/h14-19H,4-12H2,1-3H3,(H,24,25)/t14-,15-,16+,17-,18+,19+,21+,22-/m1/s1. The normalized spacial score (nSPS) is 52.0. The summed E-state index contributed by atoms with van der Waals surface area (Å²) in [5.41, 5.74) is 0.568. The fourth-order valence-corrected chi connectivity index (χ4v) is 8.15. The van der Waals surface area contributed by atoms with Crippen LogP contribution in [0.5, 0.6) is 0 Å². The minimum Gasteiger partial charge on any atom is -0.481 e. The van der Waals surface area contributed by atoms with Gasteiger partial charge in [-0.1, -0.05) is 13.8 Å². The molecule has 0 aromatic heterocycles. The Hall–Kier alpha value is -0.860. The van der Waals surface area contributed by atoms with E-state index in [4.69, 9.17) is 0 Å². The van der Waals surface area contributed by atoms with Gasteiger partial charge in [-0.3, -0.25) is 9.59 Å². The van der Waals surface area contributed by atoms with Crippen LogP contribution in [-0.2, 0) is 9.59 Å². The van der Waals surface area contributed by atoms with Crippen LogP contribution in [0.3, 0.4) is 0 Å². The molecule has 4 aliphatic carbocycles. The van der Waals surface area contributed by atoms with E-state index in [1.165, 1.54) is 32.1 Å². The van der Waals surface area contributed by atoms with Gasteiger partial charge in [-0.05, 0) is 99.2 Å². The summed E-state index contributed by atoms with van der Waals surface area (Å²) < 4.78 is 0. The van der Waals surface area contributed by atoms with E-state index in [9.17, 15) is 14.7 Å². The number of rotatable bonds is 2. The van der Waals surface area contributed by atoms with Gasteiger partial charge in [0.1, 0.15) is 5.78 Å². The average molecular weight is 347 g/mol. The van der Waals surface area contributed by atoms with Crippen molar-refractivity contribution in [2.75, 3.05) is 0 Å². The first-order valence-electron chi connectivity index (χ1n) is 10.5. The Morgan fingerprint density at radius 1 is 0.880 bits per heavy atom. The molecule has 0 bridgehead atoms. The number of carboxylic acid groups (broad SMARTS) is 1. The third-order valence-corrected chi connectivity index (χ3v) is 9.51.